The largest absolute Gasteiger partial charge is 0.423 e. The zero-order chi connectivity index (χ0) is 22.3. The lowest BCUT2D eigenvalue weighted by Gasteiger charge is -2.04. The number of amides is 1. The summed E-state index contributed by atoms with van der Waals surface area (Å²) >= 11 is 1.43. The first-order valence-electron chi connectivity index (χ1n) is 9.44. The molecule has 0 bridgehead atoms. The summed E-state index contributed by atoms with van der Waals surface area (Å²) in [4.78, 5) is 43.3. The fourth-order valence-corrected chi connectivity index (χ4v) is 3.42. The molecule has 0 saturated carbocycles. The number of rotatable bonds is 6. The molecule has 0 saturated heterocycles. The number of aromatic nitrogens is 2. The van der Waals surface area contributed by atoms with Crippen LogP contribution in [0.5, 0.6) is 5.75 Å². The molecular weight excluding hydrogens is 428 g/mol. The van der Waals surface area contributed by atoms with E-state index in [4.69, 9.17) is 4.74 Å². The Kier molecular flexibility index (Phi) is 6.28. The van der Waals surface area contributed by atoms with Crippen LogP contribution < -0.4 is 15.9 Å². The van der Waals surface area contributed by atoms with Gasteiger partial charge >= 0.3 is 11.7 Å². The van der Waals surface area contributed by atoms with E-state index >= 15 is 0 Å². The number of benzene rings is 2. The normalized spacial score (nSPS) is 10.8. The van der Waals surface area contributed by atoms with Gasteiger partial charge in [-0.3, -0.25) is 4.79 Å². The van der Waals surface area contributed by atoms with Crippen molar-refractivity contribution >= 4 is 29.4 Å². The van der Waals surface area contributed by atoms with Crippen molar-refractivity contribution in [1.29, 1.82) is 0 Å². The van der Waals surface area contributed by atoms with Crippen LogP contribution in [0, 0.1) is 0 Å². The van der Waals surface area contributed by atoms with Crippen molar-refractivity contribution in [3.05, 3.63) is 105 Å². The Morgan fingerprint density at radius 1 is 1.03 bits per heavy atom. The Labute approximate surface area is 186 Å². The first-order chi connectivity index (χ1) is 15.6. The topological polar surface area (TPSA) is 114 Å². The van der Waals surface area contributed by atoms with Crippen LogP contribution >= 0.6 is 11.3 Å². The van der Waals surface area contributed by atoms with Gasteiger partial charge in [0.15, 0.2) is 0 Å². The van der Waals surface area contributed by atoms with Crippen LogP contribution in [-0.2, 0) is 0 Å². The molecule has 0 aliphatic carbocycles. The van der Waals surface area contributed by atoms with Gasteiger partial charge in [-0.25, -0.2) is 15.0 Å². The molecule has 0 radical (unpaired) electrons. The van der Waals surface area contributed by atoms with Crippen molar-refractivity contribution in [1.82, 2.24) is 15.4 Å². The zero-order valence-electron chi connectivity index (χ0n) is 16.5. The number of esters is 1. The third-order valence-corrected chi connectivity index (χ3v) is 5.15. The Morgan fingerprint density at radius 3 is 2.53 bits per heavy atom. The molecule has 1 amide bonds. The average Bonchev–Trinajstić information content (AvgIpc) is 3.35. The SMILES string of the molecule is O=C(Oc1ccc(/C=N/NC(=O)c2cc(-c3cccs3)[nH]c(=O)n2)cc1)c1ccccc1. The van der Waals surface area contributed by atoms with Gasteiger partial charge in [-0.15, -0.1) is 11.3 Å². The monoisotopic (exact) mass is 444 g/mol. The van der Waals surface area contributed by atoms with Gasteiger partial charge in [0, 0.05) is 0 Å². The van der Waals surface area contributed by atoms with Crippen LogP contribution in [0.1, 0.15) is 26.4 Å². The van der Waals surface area contributed by atoms with E-state index in [-0.39, 0.29) is 5.69 Å². The number of carbonyl (C=O) groups is 2. The van der Waals surface area contributed by atoms with Crippen LogP contribution in [0.2, 0.25) is 0 Å². The summed E-state index contributed by atoms with van der Waals surface area (Å²) in [6, 6.07) is 20.5. The molecule has 4 aromatic rings. The number of thiophene rings is 1. The molecule has 0 aliphatic heterocycles. The van der Waals surface area contributed by atoms with Crippen molar-refractivity contribution in [3.8, 4) is 16.3 Å². The molecule has 4 rings (SSSR count). The Bertz CT molecular complexity index is 1310. The molecule has 0 unspecified atom stereocenters. The fourth-order valence-electron chi connectivity index (χ4n) is 2.72. The highest BCUT2D eigenvalue weighted by molar-refractivity contribution is 7.13. The first kappa shape index (κ1) is 20.9. The Hall–Kier alpha value is -4.37. The van der Waals surface area contributed by atoms with Gasteiger partial charge in [-0.05, 0) is 59.5 Å². The maximum atomic E-state index is 12.3. The highest BCUT2D eigenvalue weighted by atomic mass is 32.1. The van der Waals surface area contributed by atoms with Crippen LogP contribution in [0.4, 0.5) is 0 Å². The van der Waals surface area contributed by atoms with Gasteiger partial charge in [0.2, 0.25) is 0 Å². The van der Waals surface area contributed by atoms with E-state index < -0.39 is 17.6 Å². The van der Waals surface area contributed by atoms with Crippen molar-refractivity contribution in [2.24, 2.45) is 5.10 Å². The van der Waals surface area contributed by atoms with E-state index in [1.165, 1.54) is 23.6 Å². The number of hydrogen-bond donors (Lipinski definition) is 2. The van der Waals surface area contributed by atoms with Crippen LogP contribution in [-0.4, -0.2) is 28.1 Å². The molecular formula is C23H16N4O4S. The molecule has 0 atom stereocenters. The number of nitrogens with one attached hydrogen (secondary N) is 2. The molecule has 0 aliphatic rings. The Morgan fingerprint density at radius 2 is 1.81 bits per heavy atom. The van der Waals surface area contributed by atoms with E-state index in [9.17, 15) is 14.4 Å². The van der Waals surface area contributed by atoms with Gasteiger partial charge in [0.1, 0.15) is 11.4 Å². The van der Waals surface area contributed by atoms with Gasteiger partial charge in [0.25, 0.3) is 5.91 Å². The van der Waals surface area contributed by atoms with Crippen molar-refractivity contribution in [3.63, 3.8) is 0 Å². The molecule has 32 heavy (non-hydrogen) atoms. The Balaban J connectivity index is 1.37. The maximum Gasteiger partial charge on any atom is 0.346 e. The van der Waals surface area contributed by atoms with Crippen molar-refractivity contribution in [2.45, 2.75) is 0 Å². The van der Waals surface area contributed by atoms with E-state index in [0.717, 1.165) is 4.88 Å². The van der Waals surface area contributed by atoms with E-state index in [1.54, 1.807) is 48.5 Å². The van der Waals surface area contributed by atoms with E-state index in [0.29, 0.717) is 22.6 Å². The van der Waals surface area contributed by atoms with E-state index in [1.807, 2.05) is 23.6 Å². The summed E-state index contributed by atoms with van der Waals surface area (Å²) in [5.41, 5.74) is 3.32. The van der Waals surface area contributed by atoms with Gasteiger partial charge in [-0.1, -0.05) is 24.3 Å². The molecule has 0 fully saturated rings. The molecule has 2 aromatic carbocycles. The highest BCUT2D eigenvalue weighted by Gasteiger charge is 2.11. The maximum absolute atomic E-state index is 12.3. The number of aromatic amines is 1. The lowest BCUT2D eigenvalue weighted by molar-refractivity contribution is 0.0734. The molecule has 0 spiro atoms. The summed E-state index contributed by atoms with van der Waals surface area (Å²) in [7, 11) is 0. The average molecular weight is 444 g/mol. The minimum absolute atomic E-state index is 0.0440. The number of hydrazone groups is 1. The number of ether oxygens (including phenoxy) is 1. The highest BCUT2D eigenvalue weighted by Crippen LogP contribution is 2.21. The third-order valence-electron chi connectivity index (χ3n) is 4.24. The molecule has 2 heterocycles. The summed E-state index contributed by atoms with van der Waals surface area (Å²) in [6.45, 7) is 0. The molecule has 2 N–H and O–H groups in total. The fraction of sp³-hybridized carbons (Fsp3) is 0. The zero-order valence-corrected chi connectivity index (χ0v) is 17.3. The third kappa shape index (κ3) is 5.21. The smallest absolute Gasteiger partial charge is 0.346 e. The van der Waals surface area contributed by atoms with Crippen LogP contribution in [0.3, 0.4) is 0 Å². The van der Waals surface area contributed by atoms with Crippen molar-refractivity contribution < 1.29 is 14.3 Å². The summed E-state index contributed by atoms with van der Waals surface area (Å²) in [5, 5.41) is 5.76. The quantitative estimate of drug-likeness (QED) is 0.205. The minimum atomic E-state index is -0.620. The lowest BCUT2D eigenvalue weighted by Crippen LogP contribution is -2.24. The summed E-state index contributed by atoms with van der Waals surface area (Å²) in [6.07, 6.45) is 1.42. The number of H-pyrrole nitrogens is 1. The van der Waals surface area contributed by atoms with Crippen molar-refractivity contribution in [2.75, 3.05) is 0 Å². The molecule has 9 heteroatoms. The van der Waals surface area contributed by atoms with Crippen LogP contribution in [0.15, 0.2) is 88.1 Å². The second kappa shape index (κ2) is 9.63. The second-order valence-corrected chi connectivity index (χ2v) is 7.43. The summed E-state index contributed by atoms with van der Waals surface area (Å²) < 4.78 is 5.32. The van der Waals surface area contributed by atoms with Gasteiger partial charge in [0.05, 0.1) is 22.3 Å². The lowest BCUT2D eigenvalue weighted by atomic mass is 10.2. The second-order valence-electron chi connectivity index (χ2n) is 6.49. The number of nitrogens with zero attached hydrogens (tertiary/aromatic N) is 2. The predicted molar refractivity (Wildman–Crippen MR) is 121 cm³/mol. The van der Waals surface area contributed by atoms with Crippen LogP contribution in [0.25, 0.3) is 10.6 Å². The minimum Gasteiger partial charge on any atom is -0.423 e. The van der Waals surface area contributed by atoms with E-state index in [2.05, 4.69) is 20.5 Å². The number of carbonyl (C=O) groups excluding carboxylic acids is 2. The summed E-state index contributed by atoms with van der Waals surface area (Å²) in [5.74, 6) is -0.682. The molecule has 8 nitrogen and oxygen atoms in total. The molecule has 158 valence electrons. The standard InChI is InChI=1S/C23H16N4O4S/c28-21(19-13-18(25-23(30)26-19)20-7-4-12-32-20)27-24-14-15-8-10-17(11-9-15)31-22(29)16-5-2-1-3-6-16/h1-14H,(H,27,28)(H,25,26,30)/b24-14+. The van der Waals surface area contributed by atoms with Gasteiger partial charge in [-0.2, -0.15) is 10.1 Å². The molecule has 2 aromatic heterocycles. The number of hydrogen-bond acceptors (Lipinski definition) is 7. The first-order valence-corrected chi connectivity index (χ1v) is 10.3. The predicted octanol–water partition coefficient (Wildman–Crippen LogP) is 3.48. The van der Waals surface area contributed by atoms with Gasteiger partial charge < -0.3 is 9.72 Å².